The van der Waals surface area contributed by atoms with Crippen molar-refractivity contribution in [2.75, 3.05) is 6.61 Å². The zero-order valence-electron chi connectivity index (χ0n) is 11.7. The summed E-state index contributed by atoms with van der Waals surface area (Å²) < 4.78 is 5.57. The van der Waals surface area contributed by atoms with Gasteiger partial charge in [0.2, 0.25) is 0 Å². The first-order valence-corrected chi connectivity index (χ1v) is 6.56. The van der Waals surface area contributed by atoms with Crippen molar-refractivity contribution in [3.8, 4) is 5.75 Å². The first kappa shape index (κ1) is 14.6. The molecule has 18 heavy (non-hydrogen) atoms. The summed E-state index contributed by atoms with van der Waals surface area (Å²) in [5, 5.41) is 2.94. The smallest absolute Gasteiger partial charge is 0.251 e. The van der Waals surface area contributed by atoms with Crippen LogP contribution in [-0.2, 0) is 0 Å². The van der Waals surface area contributed by atoms with Crippen LogP contribution in [0.25, 0.3) is 0 Å². The molecule has 0 aliphatic heterocycles. The summed E-state index contributed by atoms with van der Waals surface area (Å²) in [7, 11) is 0. The number of rotatable bonds is 6. The van der Waals surface area contributed by atoms with Gasteiger partial charge >= 0.3 is 0 Å². The molecule has 1 N–H and O–H groups in total. The highest BCUT2D eigenvalue weighted by Gasteiger charge is 2.08. The topological polar surface area (TPSA) is 38.3 Å². The van der Waals surface area contributed by atoms with Crippen LogP contribution < -0.4 is 10.1 Å². The van der Waals surface area contributed by atoms with Crippen LogP contribution in [0.3, 0.4) is 0 Å². The van der Waals surface area contributed by atoms with E-state index < -0.39 is 0 Å². The maximum atomic E-state index is 11.8. The number of nitrogens with one attached hydrogen (secondary N) is 1. The van der Waals surface area contributed by atoms with Gasteiger partial charge in [0, 0.05) is 11.6 Å². The van der Waals surface area contributed by atoms with E-state index >= 15 is 0 Å². The maximum Gasteiger partial charge on any atom is 0.251 e. The lowest BCUT2D eigenvalue weighted by atomic mass is 10.2. The summed E-state index contributed by atoms with van der Waals surface area (Å²) in [6.07, 6.45) is 0.932. The monoisotopic (exact) mass is 249 g/mol. The second kappa shape index (κ2) is 7.04. The normalized spacial score (nSPS) is 12.3. The van der Waals surface area contributed by atoms with Crippen molar-refractivity contribution in [1.82, 2.24) is 5.32 Å². The number of ether oxygens (including phenoxy) is 1. The molecule has 3 nitrogen and oxygen atoms in total. The maximum absolute atomic E-state index is 11.8. The van der Waals surface area contributed by atoms with Gasteiger partial charge in [-0.05, 0) is 43.5 Å². The molecule has 0 fully saturated rings. The van der Waals surface area contributed by atoms with E-state index in [-0.39, 0.29) is 11.9 Å². The minimum Gasteiger partial charge on any atom is -0.493 e. The van der Waals surface area contributed by atoms with Crippen molar-refractivity contribution in [3.05, 3.63) is 29.8 Å². The Morgan fingerprint density at radius 2 is 1.83 bits per heavy atom. The number of amides is 1. The largest absolute Gasteiger partial charge is 0.493 e. The Morgan fingerprint density at radius 1 is 1.22 bits per heavy atom. The molecule has 1 aromatic carbocycles. The second-order valence-electron chi connectivity index (χ2n) is 5.01. The van der Waals surface area contributed by atoms with Gasteiger partial charge in [-0.2, -0.15) is 0 Å². The van der Waals surface area contributed by atoms with Gasteiger partial charge in [0.05, 0.1) is 6.61 Å². The molecule has 1 rings (SSSR count). The van der Waals surface area contributed by atoms with E-state index in [0.717, 1.165) is 12.2 Å². The molecule has 0 radical (unpaired) electrons. The van der Waals surface area contributed by atoms with Crippen LogP contribution in [0.2, 0.25) is 0 Å². The van der Waals surface area contributed by atoms with E-state index in [1.165, 1.54) is 0 Å². The molecule has 3 heteroatoms. The third kappa shape index (κ3) is 4.78. The average Bonchev–Trinajstić information content (AvgIpc) is 2.36. The van der Waals surface area contributed by atoms with E-state index in [2.05, 4.69) is 19.2 Å². The summed E-state index contributed by atoms with van der Waals surface area (Å²) in [6, 6.07) is 7.48. The molecule has 0 spiro atoms. The van der Waals surface area contributed by atoms with Crippen molar-refractivity contribution in [2.24, 2.45) is 5.92 Å². The van der Waals surface area contributed by atoms with Crippen molar-refractivity contribution < 1.29 is 9.53 Å². The zero-order valence-corrected chi connectivity index (χ0v) is 11.7. The van der Waals surface area contributed by atoms with Crippen molar-refractivity contribution in [1.29, 1.82) is 0 Å². The van der Waals surface area contributed by atoms with Crippen LogP contribution in [0.1, 0.15) is 44.5 Å². The van der Waals surface area contributed by atoms with Crippen LogP contribution in [0.15, 0.2) is 24.3 Å². The molecule has 1 unspecified atom stereocenters. The van der Waals surface area contributed by atoms with Gasteiger partial charge in [-0.1, -0.05) is 20.8 Å². The zero-order chi connectivity index (χ0) is 13.5. The quantitative estimate of drug-likeness (QED) is 0.840. The lowest BCUT2D eigenvalue weighted by Gasteiger charge is -2.12. The molecule has 0 heterocycles. The van der Waals surface area contributed by atoms with E-state index in [1.54, 1.807) is 12.1 Å². The lowest BCUT2D eigenvalue weighted by Crippen LogP contribution is -2.31. The first-order valence-electron chi connectivity index (χ1n) is 6.56. The molecule has 0 saturated heterocycles. The summed E-state index contributed by atoms with van der Waals surface area (Å²) >= 11 is 0. The SMILES string of the molecule is CCC(C)NC(=O)c1ccc(OCC(C)C)cc1. The predicted molar refractivity (Wildman–Crippen MR) is 74.0 cm³/mol. The number of carbonyl (C=O) groups is 1. The van der Waals surface area contributed by atoms with Gasteiger partial charge in [0.15, 0.2) is 0 Å². The first-order chi connectivity index (χ1) is 8.52. The van der Waals surface area contributed by atoms with E-state index in [4.69, 9.17) is 4.74 Å². The van der Waals surface area contributed by atoms with Crippen molar-refractivity contribution >= 4 is 5.91 Å². The van der Waals surface area contributed by atoms with Gasteiger partial charge in [0.25, 0.3) is 5.91 Å². The number of carbonyl (C=O) groups excluding carboxylic acids is 1. The fourth-order valence-corrected chi connectivity index (χ4v) is 1.37. The standard InChI is InChI=1S/C15H23NO2/c1-5-12(4)16-15(17)13-6-8-14(9-7-13)18-10-11(2)3/h6-9,11-12H,5,10H2,1-4H3,(H,16,17). The van der Waals surface area contributed by atoms with Gasteiger partial charge < -0.3 is 10.1 Å². The summed E-state index contributed by atoms with van der Waals surface area (Å²) in [5.41, 5.74) is 0.673. The Morgan fingerprint density at radius 3 is 2.33 bits per heavy atom. The third-order valence-corrected chi connectivity index (χ3v) is 2.69. The third-order valence-electron chi connectivity index (χ3n) is 2.69. The number of benzene rings is 1. The molecule has 1 amide bonds. The van der Waals surface area contributed by atoms with E-state index in [1.807, 2.05) is 26.0 Å². The van der Waals surface area contributed by atoms with Crippen molar-refractivity contribution in [3.63, 3.8) is 0 Å². The molecule has 0 saturated carbocycles. The van der Waals surface area contributed by atoms with Crippen LogP contribution in [0.4, 0.5) is 0 Å². The molecule has 1 atom stereocenters. The molecule has 0 bridgehead atoms. The highest BCUT2D eigenvalue weighted by atomic mass is 16.5. The minimum absolute atomic E-state index is 0.0280. The van der Waals surface area contributed by atoms with E-state index in [9.17, 15) is 4.79 Å². The average molecular weight is 249 g/mol. The Balaban J connectivity index is 2.56. The van der Waals surface area contributed by atoms with E-state index in [0.29, 0.717) is 18.1 Å². The molecular formula is C15H23NO2. The molecule has 0 aliphatic rings. The highest BCUT2D eigenvalue weighted by molar-refractivity contribution is 5.94. The molecule has 100 valence electrons. The fourth-order valence-electron chi connectivity index (χ4n) is 1.37. The summed E-state index contributed by atoms with van der Waals surface area (Å²) in [6.45, 7) is 8.95. The van der Waals surface area contributed by atoms with Gasteiger partial charge in [-0.3, -0.25) is 4.79 Å². The minimum atomic E-state index is -0.0280. The number of hydrogen-bond donors (Lipinski definition) is 1. The van der Waals surface area contributed by atoms with Crippen LogP contribution >= 0.6 is 0 Å². The summed E-state index contributed by atoms with van der Waals surface area (Å²) in [5.74, 6) is 1.28. The molecule has 0 aliphatic carbocycles. The van der Waals surface area contributed by atoms with Crippen LogP contribution in [-0.4, -0.2) is 18.6 Å². The molecule has 0 aromatic heterocycles. The fraction of sp³-hybridized carbons (Fsp3) is 0.533. The van der Waals surface area contributed by atoms with Crippen LogP contribution in [0.5, 0.6) is 5.75 Å². The molecular weight excluding hydrogens is 226 g/mol. The van der Waals surface area contributed by atoms with Gasteiger partial charge in [0.1, 0.15) is 5.75 Å². The van der Waals surface area contributed by atoms with Crippen LogP contribution in [0, 0.1) is 5.92 Å². The highest BCUT2D eigenvalue weighted by Crippen LogP contribution is 2.13. The predicted octanol–water partition coefficient (Wildman–Crippen LogP) is 3.25. The second-order valence-corrected chi connectivity index (χ2v) is 5.01. The molecule has 1 aromatic rings. The Hall–Kier alpha value is -1.51. The Labute approximate surface area is 110 Å². The van der Waals surface area contributed by atoms with Gasteiger partial charge in [-0.25, -0.2) is 0 Å². The lowest BCUT2D eigenvalue weighted by molar-refractivity contribution is 0.0939. The number of hydrogen-bond acceptors (Lipinski definition) is 2. The Kier molecular flexibility index (Phi) is 5.69. The van der Waals surface area contributed by atoms with Crippen molar-refractivity contribution in [2.45, 2.75) is 40.2 Å². The summed E-state index contributed by atoms with van der Waals surface area (Å²) in [4.78, 5) is 11.8. The Bertz CT molecular complexity index is 371. The van der Waals surface area contributed by atoms with Gasteiger partial charge in [-0.15, -0.1) is 0 Å².